The molecular weight excluding hydrogens is 595 g/mol. The van der Waals surface area contributed by atoms with Gasteiger partial charge in [-0.1, -0.05) is 90.5 Å². The standard InChI is InChI=1S/C38H33N3O4S/c1-24-15-17-26(18-16-24)34(35-37(42)31-12-6-8-14-33(31)41(2)38(35)43)36-30(29-11-5-7-13-32(29)40-36)21-22-39-46(44,45)28-20-19-25-9-3-4-10-27(25)23-28/h3-20,23,34,39-40,42H,21-22H2,1-2H3. The predicted molar refractivity (Wildman–Crippen MR) is 184 cm³/mol. The molecule has 0 radical (unpaired) electrons. The van der Waals surface area contributed by atoms with Gasteiger partial charge in [-0.15, -0.1) is 0 Å². The Morgan fingerprint density at radius 2 is 1.50 bits per heavy atom. The minimum atomic E-state index is -3.80. The molecule has 0 fully saturated rings. The fourth-order valence-electron chi connectivity index (χ4n) is 6.46. The molecule has 7 rings (SSSR count). The molecule has 46 heavy (non-hydrogen) atoms. The van der Waals surface area contributed by atoms with Gasteiger partial charge in [0, 0.05) is 35.6 Å². The van der Waals surface area contributed by atoms with Crippen molar-refractivity contribution in [2.75, 3.05) is 6.54 Å². The third kappa shape index (κ3) is 5.15. The maximum Gasteiger partial charge on any atom is 0.258 e. The van der Waals surface area contributed by atoms with Gasteiger partial charge >= 0.3 is 0 Å². The summed E-state index contributed by atoms with van der Waals surface area (Å²) in [5.41, 5.74) is 4.96. The van der Waals surface area contributed by atoms with E-state index in [1.807, 2.05) is 110 Å². The lowest BCUT2D eigenvalue weighted by molar-refractivity contribution is 0.470. The van der Waals surface area contributed by atoms with Crippen molar-refractivity contribution in [2.45, 2.75) is 24.2 Å². The number of aromatic amines is 1. The van der Waals surface area contributed by atoms with Gasteiger partial charge in [-0.3, -0.25) is 4.79 Å². The molecule has 0 aliphatic rings. The van der Waals surface area contributed by atoms with E-state index in [4.69, 9.17) is 0 Å². The topological polar surface area (TPSA) is 104 Å². The second kappa shape index (κ2) is 11.6. The molecule has 0 aliphatic heterocycles. The van der Waals surface area contributed by atoms with Crippen LogP contribution in [0.4, 0.5) is 0 Å². The van der Waals surface area contributed by atoms with E-state index in [1.165, 1.54) is 0 Å². The molecule has 1 unspecified atom stereocenters. The molecule has 0 saturated heterocycles. The van der Waals surface area contributed by atoms with Crippen LogP contribution in [0.5, 0.6) is 5.75 Å². The first kappa shape index (κ1) is 29.5. The second-order valence-electron chi connectivity index (χ2n) is 11.7. The molecule has 7 nitrogen and oxygen atoms in total. The minimum Gasteiger partial charge on any atom is -0.507 e. The number of rotatable bonds is 8. The number of nitrogens with one attached hydrogen (secondary N) is 2. The van der Waals surface area contributed by atoms with E-state index in [9.17, 15) is 18.3 Å². The number of aromatic nitrogens is 2. The molecule has 2 aromatic heterocycles. The van der Waals surface area contributed by atoms with E-state index >= 15 is 0 Å². The summed E-state index contributed by atoms with van der Waals surface area (Å²) in [6.07, 6.45) is 0.350. The van der Waals surface area contributed by atoms with Gasteiger partial charge in [-0.25, -0.2) is 13.1 Å². The van der Waals surface area contributed by atoms with Crippen LogP contribution in [0.2, 0.25) is 0 Å². The first-order valence-corrected chi connectivity index (χ1v) is 16.7. The summed E-state index contributed by atoms with van der Waals surface area (Å²) in [4.78, 5) is 17.8. The number of hydrogen-bond donors (Lipinski definition) is 3. The third-order valence-electron chi connectivity index (χ3n) is 8.84. The summed E-state index contributed by atoms with van der Waals surface area (Å²) >= 11 is 0. The fraction of sp³-hybridized carbons (Fsp3) is 0.132. The molecule has 230 valence electrons. The van der Waals surface area contributed by atoms with Crippen LogP contribution in [0.1, 0.15) is 33.9 Å². The molecule has 0 spiro atoms. The maximum atomic E-state index is 14.1. The predicted octanol–water partition coefficient (Wildman–Crippen LogP) is 6.89. The number of hydrogen-bond acceptors (Lipinski definition) is 4. The number of nitrogens with zero attached hydrogens (tertiary/aromatic N) is 1. The van der Waals surface area contributed by atoms with Gasteiger partial charge in [0.05, 0.1) is 21.9 Å². The maximum absolute atomic E-state index is 14.1. The summed E-state index contributed by atoms with van der Waals surface area (Å²) in [5, 5.41) is 15.1. The largest absolute Gasteiger partial charge is 0.507 e. The molecular formula is C38H33N3O4S. The smallest absolute Gasteiger partial charge is 0.258 e. The summed E-state index contributed by atoms with van der Waals surface area (Å²) in [7, 11) is -2.08. The van der Waals surface area contributed by atoms with E-state index in [-0.39, 0.29) is 28.3 Å². The van der Waals surface area contributed by atoms with Crippen molar-refractivity contribution in [1.29, 1.82) is 0 Å². The number of pyridine rings is 1. The van der Waals surface area contributed by atoms with Crippen molar-refractivity contribution in [2.24, 2.45) is 7.05 Å². The van der Waals surface area contributed by atoms with Gasteiger partial charge in [0.25, 0.3) is 5.56 Å². The summed E-state index contributed by atoms with van der Waals surface area (Å²) in [6.45, 7) is 2.13. The van der Waals surface area contributed by atoms with Gasteiger partial charge in [0.2, 0.25) is 10.0 Å². The lowest BCUT2D eigenvalue weighted by Crippen LogP contribution is -2.27. The van der Waals surface area contributed by atoms with Crippen molar-refractivity contribution in [3.8, 4) is 5.75 Å². The highest BCUT2D eigenvalue weighted by molar-refractivity contribution is 7.89. The zero-order valence-corrected chi connectivity index (χ0v) is 26.3. The lowest BCUT2D eigenvalue weighted by atomic mass is 9.85. The molecule has 5 aromatic carbocycles. The Morgan fingerprint density at radius 1 is 0.826 bits per heavy atom. The summed E-state index contributed by atoms with van der Waals surface area (Å²) in [5.74, 6) is -0.714. The van der Waals surface area contributed by atoms with Crippen molar-refractivity contribution >= 4 is 42.6 Å². The average Bonchev–Trinajstić information content (AvgIpc) is 3.43. The normalized spacial score (nSPS) is 12.7. The molecule has 0 saturated carbocycles. The summed E-state index contributed by atoms with van der Waals surface area (Å²) < 4.78 is 31.2. The van der Waals surface area contributed by atoms with Crippen molar-refractivity contribution in [1.82, 2.24) is 14.3 Å². The first-order valence-electron chi connectivity index (χ1n) is 15.2. The SMILES string of the molecule is Cc1ccc(C(c2[nH]c3ccccc3c2CCNS(=O)(=O)c2ccc3ccccc3c2)c2c(O)c3ccccc3n(C)c2=O)cc1. The van der Waals surface area contributed by atoms with Crippen LogP contribution < -0.4 is 10.3 Å². The van der Waals surface area contributed by atoms with Crippen LogP contribution in [0.25, 0.3) is 32.6 Å². The molecule has 7 aromatic rings. The number of aryl methyl sites for hydroxylation is 2. The van der Waals surface area contributed by atoms with Crippen molar-refractivity contribution < 1.29 is 13.5 Å². The number of fused-ring (bicyclic) bond motifs is 3. The number of para-hydroxylation sites is 2. The molecule has 8 heteroatoms. The van der Waals surface area contributed by atoms with Crippen LogP contribution in [0, 0.1) is 6.92 Å². The lowest BCUT2D eigenvalue weighted by Gasteiger charge is -2.22. The highest BCUT2D eigenvalue weighted by atomic mass is 32.2. The number of aromatic hydroxyl groups is 1. The third-order valence-corrected chi connectivity index (χ3v) is 10.3. The summed E-state index contributed by atoms with van der Waals surface area (Å²) in [6, 6.07) is 35.8. The van der Waals surface area contributed by atoms with Gasteiger partial charge in [0.15, 0.2) is 0 Å². The van der Waals surface area contributed by atoms with Gasteiger partial charge < -0.3 is 14.7 Å². The minimum absolute atomic E-state index is 0.0640. The number of benzene rings is 5. The Morgan fingerprint density at radius 3 is 2.28 bits per heavy atom. The molecule has 0 amide bonds. The van der Waals surface area contributed by atoms with Gasteiger partial charge in [-0.05, 0) is 65.6 Å². The molecule has 0 bridgehead atoms. The Kier molecular flexibility index (Phi) is 7.47. The van der Waals surface area contributed by atoms with Crippen LogP contribution in [-0.2, 0) is 23.5 Å². The second-order valence-corrected chi connectivity index (χ2v) is 13.5. The van der Waals surface area contributed by atoms with E-state index in [0.717, 1.165) is 44.1 Å². The number of sulfonamides is 1. The first-order chi connectivity index (χ1) is 22.2. The van der Waals surface area contributed by atoms with Crippen molar-refractivity contribution in [3.63, 3.8) is 0 Å². The Labute approximate surface area is 266 Å². The Balaban J connectivity index is 1.34. The monoisotopic (exact) mass is 627 g/mol. The molecule has 1 atom stereocenters. The molecule has 0 aliphatic carbocycles. The molecule has 3 N–H and O–H groups in total. The van der Waals surface area contributed by atoms with E-state index < -0.39 is 15.9 Å². The number of H-pyrrole nitrogens is 1. The van der Waals surface area contributed by atoms with Gasteiger partial charge in [-0.2, -0.15) is 0 Å². The fourth-order valence-corrected chi connectivity index (χ4v) is 7.53. The van der Waals surface area contributed by atoms with Crippen LogP contribution in [0.15, 0.2) is 125 Å². The van der Waals surface area contributed by atoms with Crippen LogP contribution in [-0.4, -0.2) is 29.6 Å². The highest BCUT2D eigenvalue weighted by Gasteiger charge is 2.30. The van der Waals surface area contributed by atoms with E-state index in [0.29, 0.717) is 17.3 Å². The molecule has 2 heterocycles. The average molecular weight is 628 g/mol. The van der Waals surface area contributed by atoms with E-state index in [1.54, 1.807) is 23.7 Å². The Bertz CT molecular complexity index is 2430. The highest BCUT2D eigenvalue weighted by Crippen LogP contribution is 2.41. The zero-order valence-electron chi connectivity index (χ0n) is 25.5. The quantitative estimate of drug-likeness (QED) is 0.171. The van der Waals surface area contributed by atoms with E-state index in [2.05, 4.69) is 9.71 Å². The van der Waals surface area contributed by atoms with Crippen LogP contribution >= 0.6 is 0 Å². The van der Waals surface area contributed by atoms with Crippen LogP contribution in [0.3, 0.4) is 0 Å². The van der Waals surface area contributed by atoms with Crippen molar-refractivity contribution in [3.05, 3.63) is 154 Å². The Hall–Kier alpha value is -5.18. The van der Waals surface area contributed by atoms with Gasteiger partial charge in [0.1, 0.15) is 5.75 Å². The zero-order chi connectivity index (χ0) is 32.0.